The number of carboxylic acids is 1. The zero-order chi connectivity index (χ0) is 17.5. The van der Waals surface area contributed by atoms with Crippen LogP contribution in [0, 0.1) is 6.92 Å². The minimum atomic E-state index is -1.09. The summed E-state index contributed by atoms with van der Waals surface area (Å²) in [7, 11) is 0. The van der Waals surface area contributed by atoms with Gasteiger partial charge < -0.3 is 9.84 Å². The third kappa shape index (κ3) is 5.10. The molecule has 0 heterocycles. The van der Waals surface area contributed by atoms with Crippen molar-refractivity contribution in [3.63, 3.8) is 0 Å². The number of aliphatic carboxylic acids is 1. The van der Waals surface area contributed by atoms with Gasteiger partial charge in [0.2, 0.25) is 0 Å². The van der Waals surface area contributed by atoms with Gasteiger partial charge in [-0.2, -0.15) is 5.10 Å². The third-order valence-electron chi connectivity index (χ3n) is 3.00. The summed E-state index contributed by atoms with van der Waals surface area (Å²) in [6.45, 7) is 1.47. The lowest BCUT2D eigenvalue weighted by molar-refractivity contribution is -0.139. The molecule has 0 aliphatic rings. The number of aryl methyl sites for hydroxylation is 1. The van der Waals surface area contributed by atoms with Gasteiger partial charge in [0.1, 0.15) is 5.75 Å². The lowest BCUT2D eigenvalue weighted by Crippen LogP contribution is -2.17. The van der Waals surface area contributed by atoms with Crippen molar-refractivity contribution in [3.8, 4) is 5.75 Å². The normalized spacial score (nSPS) is 10.6. The molecular formula is C17H15ClN2O4. The van der Waals surface area contributed by atoms with Gasteiger partial charge in [0.15, 0.2) is 6.61 Å². The first-order valence-corrected chi connectivity index (χ1v) is 7.38. The van der Waals surface area contributed by atoms with Crippen molar-refractivity contribution in [2.24, 2.45) is 5.10 Å². The quantitative estimate of drug-likeness (QED) is 0.622. The van der Waals surface area contributed by atoms with Gasteiger partial charge in [0.25, 0.3) is 5.91 Å². The highest BCUT2D eigenvalue weighted by molar-refractivity contribution is 6.32. The van der Waals surface area contributed by atoms with Crippen LogP contribution >= 0.6 is 11.6 Å². The first-order valence-electron chi connectivity index (χ1n) is 7.00. The van der Waals surface area contributed by atoms with Crippen LogP contribution in [0.25, 0.3) is 0 Å². The number of nitrogens with zero attached hydrogens (tertiary/aromatic N) is 1. The summed E-state index contributed by atoms with van der Waals surface area (Å²) in [5.41, 5.74) is 4.62. The molecule has 6 nitrogen and oxygen atoms in total. The van der Waals surface area contributed by atoms with Gasteiger partial charge in [0.05, 0.1) is 11.2 Å². The molecule has 2 rings (SSSR count). The van der Waals surface area contributed by atoms with Crippen LogP contribution in [0.1, 0.15) is 21.5 Å². The van der Waals surface area contributed by atoms with Gasteiger partial charge in [-0.3, -0.25) is 4.79 Å². The number of hydrogen-bond donors (Lipinski definition) is 2. The molecule has 1 amide bonds. The molecule has 0 bridgehead atoms. The highest BCUT2D eigenvalue weighted by Crippen LogP contribution is 2.24. The molecule has 2 aromatic rings. The van der Waals surface area contributed by atoms with Crippen LogP contribution in [0.2, 0.25) is 5.02 Å². The van der Waals surface area contributed by atoms with E-state index in [0.29, 0.717) is 11.1 Å². The Morgan fingerprint density at radius 1 is 1.25 bits per heavy atom. The Bertz CT molecular complexity index is 773. The smallest absolute Gasteiger partial charge is 0.341 e. The number of benzene rings is 2. The van der Waals surface area contributed by atoms with Crippen LogP contribution in [-0.4, -0.2) is 29.8 Å². The number of carbonyl (C=O) groups excluding carboxylic acids is 1. The van der Waals surface area contributed by atoms with Crippen molar-refractivity contribution in [1.82, 2.24) is 5.43 Å². The number of ether oxygens (including phenoxy) is 1. The van der Waals surface area contributed by atoms with E-state index in [1.54, 1.807) is 24.3 Å². The number of carbonyl (C=O) groups is 2. The Morgan fingerprint density at radius 2 is 1.96 bits per heavy atom. The second kappa shape index (κ2) is 8.12. The van der Waals surface area contributed by atoms with Crippen molar-refractivity contribution in [1.29, 1.82) is 0 Å². The Hall–Kier alpha value is -2.86. The number of halogens is 1. The molecule has 0 aliphatic carbocycles. The summed E-state index contributed by atoms with van der Waals surface area (Å²) >= 11 is 6.00. The van der Waals surface area contributed by atoms with Crippen LogP contribution in [-0.2, 0) is 4.79 Å². The maximum Gasteiger partial charge on any atom is 0.341 e. The number of hydrazone groups is 1. The standard InChI is InChI=1S/C17H15ClN2O4/c1-11-2-5-13(6-3-11)17(23)20-19-9-12-4-7-15(14(18)8-12)24-10-16(21)22/h2-9H,10H2,1H3,(H,20,23)(H,21,22)/b19-9-. The molecule has 0 aromatic heterocycles. The molecule has 0 fully saturated rings. The number of amides is 1. The third-order valence-corrected chi connectivity index (χ3v) is 3.30. The van der Waals surface area contributed by atoms with Gasteiger partial charge in [0, 0.05) is 5.56 Å². The lowest BCUT2D eigenvalue weighted by Gasteiger charge is -2.06. The minimum Gasteiger partial charge on any atom is -0.480 e. The van der Waals surface area contributed by atoms with Crippen molar-refractivity contribution >= 4 is 29.7 Å². The molecule has 0 atom stereocenters. The average Bonchev–Trinajstić information content (AvgIpc) is 2.54. The number of rotatable bonds is 6. The molecule has 7 heteroatoms. The SMILES string of the molecule is Cc1ccc(C(=O)N/N=C\c2ccc(OCC(=O)O)c(Cl)c2)cc1. The van der Waals surface area contributed by atoms with Gasteiger partial charge in [-0.05, 0) is 42.8 Å². The topological polar surface area (TPSA) is 88.0 Å². The van der Waals surface area contributed by atoms with Gasteiger partial charge in [-0.1, -0.05) is 29.3 Å². The monoisotopic (exact) mass is 346 g/mol. The summed E-state index contributed by atoms with van der Waals surface area (Å²) < 4.78 is 5.02. The zero-order valence-corrected chi connectivity index (χ0v) is 13.6. The predicted octanol–water partition coefficient (Wildman–Crippen LogP) is 2.88. The number of carboxylic acid groups (broad SMARTS) is 1. The van der Waals surface area contributed by atoms with E-state index in [4.69, 9.17) is 21.4 Å². The Kier molecular flexibility index (Phi) is 5.92. The van der Waals surface area contributed by atoms with Gasteiger partial charge in [-0.25, -0.2) is 10.2 Å². The molecule has 0 spiro atoms. The average molecular weight is 347 g/mol. The molecule has 124 valence electrons. The lowest BCUT2D eigenvalue weighted by atomic mass is 10.1. The van der Waals surface area contributed by atoms with E-state index in [1.165, 1.54) is 12.3 Å². The predicted molar refractivity (Wildman–Crippen MR) is 90.8 cm³/mol. The van der Waals surface area contributed by atoms with Crippen molar-refractivity contribution in [2.75, 3.05) is 6.61 Å². The molecule has 0 saturated heterocycles. The van der Waals surface area contributed by atoms with Crippen LogP contribution in [0.3, 0.4) is 0 Å². The van der Waals surface area contributed by atoms with Crippen LogP contribution in [0.4, 0.5) is 0 Å². The van der Waals surface area contributed by atoms with Crippen LogP contribution in [0.5, 0.6) is 5.75 Å². The number of nitrogens with one attached hydrogen (secondary N) is 1. The van der Waals surface area contributed by atoms with Gasteiger partial charge >= 0.3 is 5.97 Å². The van der Waals surface area contributed by atoms with Crippen molar-refractivity contribution in [3.05, 3.63) is 64.2 Å². The van der Waals surface area contributed by atoms with Crippen LogP contribution in [0.15, 0.2) is 47.6 Å². The van der Waals surface area contributed by atoms with Crippen molar-refractivity contribution in [2.45, 2.75) is 6.92 Å². The molecular weight excluding hydrogens is 332 g/mol. The van der Waals surface area contributed by atoms with E-state index >= 15 is 0 Å². The second-order valence-electron chi connectivity index (χ2n) is 4.94. The molecule has 0 radical (unpaired) electrons. The maximum atomic E-state index is 11.9. The largest absolute Gasteiger partial charge is 0.480 e. The van der Waals surface area contributed by atoms with E-state index in [0.717, 1.165) is 5.56 Å². The molecule has 2 N–H and O–H groups in total. The maximum absolute atomic E-state index is 11.9. The molecule has 0 unspecified atom stereocenters. The molecule has 24 heavy (non-hydrogen) atoms. The summed E-state index contributed by atoms with van der Waals surface area (Å²) in [5.74, 6) is -1.14. The Balaban J connectivity index is 1.96. The van der Waals surface area contributed by atoms with Gasteiger partial charge in [-0.15, -0.1) is 0 Å². The highest BCUT2D eigenvalue weighted by atomic mass is 35.5. The van der Waals surface area contributed by atoms with Crippen molar-refractivity contribution < 1.29 is 19.4 Å². The molecule has 2 aromatic carbocycles. The van der Waals surface area contributed by atoms with E-state index in [1.807, 2.05) is 19.1 Å². The van der Waals surface area contributed by atoms with Crippen LogP contribution < -0.4 is 10.2 Å². The number of hydrogen-bond acceptors (Lipinski definition) is 4. The second-order valence-corrected chi connectivity index (χ2v) is 5.34. The Labute approximate surface area is 143 Å². The van der Waals surface area contributed by atoms with E-state index < -0.39 is 12.6 Å². The zero-order valence-electron chi connectivity index (χ0n) is 12.8. The Morgan fingerprint density at radius 3 is 2.58 bits per heavy atom. The minimum absolute atomic E-state index is 0.255. The van der Waals surface area contributed by atoms with E-state index in [-0.39, 0.29) is 16.7 Å². The first-order chi connectivity index (χ1) is 11.5. The summed E-state index contributed by atoms with van der Waals surface area (Å²) in [5, 5.41) is 12.7. The van der Waals surface area contributed by atoms with E-state index in [9.17, 15) is 9.59 Å². The fourth-order valence-electron chi connectivity index (χ4n) is 1.79. The summed E-state index contributed by atoms with van der Waals surface area (Å²) in [6, 6.07) is 11.8. The molecule has 0 saturated carbocycles. The highest BCUT2D eigenvalue weighted by Gasteiger charge is 2.05. The summed E-state index contributed by atoms with van der Waals surface area (Å²) in [6.07, 6.45) is 1.43. The first kappa shape index (κ1) is 17.5. The summed E-state index contributed by atoms with van der Waals surface area (Å²) in [4.78, 5) is 22.4. The molecule has 0 aliphatic heterocycles. The fraction of sp³-hybridized carbons (Fsp3) is 0.118. The van der Waals surface area contributed by atoms with E-state index in [2.05, 4.69) is 10.5 Å². The fourth-order valence-corrected chi connectivity index (χ4v) is 2.03.